The third-order valence-electron chi connectivity index (χ3n) is 2.69. The van der Waals surface area contributed by atoms with Crippen molar-refractivity contribution in [3.63, 3.8) is 0 Å². The number of ether oxygens (including phenoxy) is 1. The predicted molar refractivity (Wildman–Crippen MR) is 63.6 cm³/mol. The van der Waals surface area contributed by atoms with Gasteiger partial charge in [-0.1, -0.05) is 18.2 Å². The average Bonchev–Trinajstić information content (AvgIpc) is 2.68. The van der Waals surface area contributed by atoms with Gasteiger partial charge in [0.15, 0.2) is 6.73 Å². The maximum absolute atomic E-state index is 11.7. The number of esters is 1. The van der Waals surface area contributed by atoms with E-state index in [4.69, 9.17) is 4.74 Å². The molecule has 4 heteroatoms. The summed E-state index contributed by atoms with van der Waals surface area (Å²) in [6.07, 6.45) is 1.67. The number of hydrogen-bond donors (Lipinski definition) is 0. The summed E-state index contributed by atoms with van der Waals surface area (Å²) in [4.78, 5) is 15.8. The van der Waals surface area contributed by atoms with Crippen molar-refractivity contribution in [3.8, 4) is 0 Å². The quantitative estimate of drug-likeness (QED) is 0.760. The van der Waals surface area contributed by atoms with Gasteiger partial charge >= 0.3 is 5.97 Å². The number of nitrogens with zero attached hydrogens (tertiary/aromatic N) is 2. The van der Waals surface area contributed by atoms with Gasteiger partial charge in [0.05, 0.1) is 17.6 Å². The van der Waals surface area contributed by atoms with Crippen LogP contribution in [0.1, 0.15) is 21.7 Å². The van der Waals surface area contributed by atoms with E-state index >= 15 is 0 Å². The van der Waals surface area contributed by atoms with Crippen LogP contribution in [-0.4, -0.2) is 15.5 Å². The summed E-state index contributed by atoms with van der Waals surface area (Å²) in [7, 11) is 0. The van der Waals surface area contributed by atoms with Crippen molar-refractivity contribution in [2.45, 2.75) is 20.6 Å². The lowest BCUT2D eigenvalue weighted by Gasteiger charge is -2.07. The summed E-state index contributed by atoms with van der Waals surface area (Å²) in [6.45, 7) is 4.06. The van der Waals surface area contributed by atoms with Crippen LogP contribution < -0.4 is 0 Å². The van der Waals surface area contributed by atoms with E-state index in [9.17, 15) is 4.79 Å². The zero-order chi connectivity index (χ0) is 12.3. The van der Waals surface area contributed by atoms with Crippen LogP contribution in [0, 0.1) is 13.8 Å². The second-order valence-corrected chi connectivity index (χ2v) is 3.81. The minimum Gasteiger partial charge on any atom is -0.440 e. The lowest BCUT2D eigenvalue weighted by atomic mass is 10.2. The monoisotopic (exact) mass is 230 g/mol. The molecule has 0 amide bonds. The van der Waals surface area contributed by atoms with Crippen molar-refractivity contribution in [2.75, 3.05) is 0 Å². The molecule has 1 aromatic heterocycles. The number of aromatic nitrogens is 2. The maximum Gasteiger partial charge on any atom is 0.339 e. The highest BCUT2D eigenvalue weighted by Crippen LogP contribution is 2.06. The molecule has 0 aliphatic rings. The van der Waals surface area contributed by atoms with Crippen molar-refractivity contribution in [1.29, 1.82) is 0 Å². The Labute approximate surface area is 99.9 Å². The molecule has 0 bridgehead atoms. The molecule has 0 radical (unpaired) electrons. The molecule has 2 rings (SSSR count). The molecule has 0 aliphatic heterocycles. The molecule has 0 N–H and O–H groups in total. The topological polar surface area (TPSA) is 44.1 Å². The third-order valence-corrected chi connectivity index (χ3v) is 2.69. The van der Waals surface area contributed by atoms with Gasteiger partial charge in [-0.2, -0.15) is 0 Å². The highest BCUT2D eigenvalue weighted by atomic mass is 16.5. The van der Waals surface area contributed by atoms with E-state index in [2.05, 4.69) is 4.98 Å². The first kappa shape index (κ1) is 11.4. The predicted octanol–water partition coefficient (Wildman–Crippen LogP) is 2.31. The van der Waals surface area contributed by atoms with Gasteiger partial charge in [-0.15, -0.1) is 0 Å². The Kier molecular flexibility index (Phi) is 3.23. The summed E-state index contributed by atoms with van der Waals surface area (Å²) in [6, 6.07) is 8.94. The van der Waals surface area contributed by atoms with E-state index in [0.29, 0.717) is 5.56 Å². The molecule has 0 unspecified atom stereocenters. The highest BCUT2D eigenvalue weighted by molar-refractivity contribution is 5.89. The van der Waals surface area contributed by atoms with Crippen molar-refractivity contribution in [3.05, 3.63) is 53.6 Å². The van der Waals surface area contributed by atoms with Crippen molar-refractivity contribution < 1.29 is 9.53 Å². The molecule has 2 aromatic rings. The second-order valence-electron chi connectivity index (χ2n) is 3.81. The van der Waals surface area contributed by atoms with E-state index in [0.717, 1.165) is 11.4 Å². The number of carbonyl (C=O) groups excluding carboxylic acids is 1. The Morgan fingerprint density at radius 3 is 2.59 bits per heavy atom. The normalized spacial score (nSPS) is 10.2. The standard InChI is InChI=1S/C13H14N2O2/c1-10-11(2)15(8-14-10)9-17-13(16)12-6-4-3-5-7-12/h3-8H,9H2,1-2H3. The van der Waals surface area contributed by atoms with Crippen LogP contribution in [0.4, 0.5) is 0 Å². The number of hydrogen-bond acceptors (Lipinski definition) is 3. The third kappa shape index (κ3) is 2.53. The van der Waals surface area contributed by atoms with E-state index < -0.39 is 0 Å². The zero-order valence-corrected chi connectivity index (χ0v) is 9.88. The van der Waals surface area contributed by atoms with Gasteiger partial charge in [-0.05, 0) is 26.0 Å². The van der Waals surface area contributed by atoms with Gasteiger partial charge in [0, 0.05) is 5.69 Å². The summed E-state index contributed by atoms with van der Waals surface area (Å²) in [5.74, 6) is -0.323. The summed E-state index contributed by atoms with van der Waals surface area (Å²) >= 11 is 0. The molecule has 0 atom stereocenters. The van der Waals surface area contributed by atoms with Gasteiger partial charge in [-0.3, -0.25) is 0 Å². The summed E-state index contributed by atoms with van der Waals surface area (Å²) in [5, 5.41) is 0. The molecule has 0 saturated carbocycles. The van der Waals surface area contributed by atoms with Crippen LogP contribution >= 0.6 is 0 Å². The zero-order valence-electron chi connectivity index (χ0n) is 9.88. The molecular weight excluding hydrogens is 216 g/mol. The molecule has 88 valence electrons. The van der Waals surface area contributed by atoms with E-state index in [1.807, 2.05) is 32.0 Å². The Morgan fingerprint density at radius 1 is 1.29 bits per heavy atom. The Bertz CT molecular complexity index is 517. The molecule has 0 aliphatic carbocycles. The lowest BCUT2D eigenvalue weighted by molar-refractivity contribution is 0.0369. The van der Waals surface area contributed by atoms with Gasteiger partial charge in [0.1, 0.15) is 0 Å². The van der Waals surface area contributed by atoms with Crippen LogP contribution in [0.2, 0.25) is 0 Å². The number of rotatable bonds is 3. The Morgan fingerprint density at radius 2 is 2.00 bits per heavy atom. The number of aryl methyl sites for hydroxylation is 1. The average molecular weight is 230 g/mol. The van der Waals surface area contributed by atoms with E-state index in [1.54, 1.807) is 23.0 Å². The van der Waals surface area contributed by atoms with Gasteiger partial charge in [0.25, 0.3) is 0 Å². The molecule has 1 aromatic carbocycles. The second kappa shape index (κ2) is 4.82. The number of imidazole rings is 1. The molecular formula is C13H14N2O2. The first-order valence-electron chi connectivity index (χ1n) is 5.39. The van der Waals surface area contributed by atoms with Crippen LogP contribution in [-0.2, 0) is 11.5 Å². The largest absolute Gasteiger partial charge is 0.440 e. The highest BCUT2D eigenvalue weighted by Gasteiger charge is 2.07. The van der Waals surface area contributed by atoms with Crippen LogP contribution in [0.25, 0.3) is 0 Å². The molecule has 17 heavy (non-hydrogen) atoms. The fourth-order valence-electron chi connectivity index (χ4n) is 1.46. The first-order valence-corrected chi connectivity index (χ1v) is 5.39. The van der Waals surface area contributed by atoms with Crippen molar-refractivity contribution in [1.82, 2.24) is 9.55 Å². The van der Waals surface area contributed by atoms with E-state index in [1.165, 1.54) is 0 Å². The van der Waals surface area contributed by atoms with Gasteiger partial charge in [0.2, 0.25) is 0 Å². The summed E-state index contributed by atoms with van der Waals surface area (Å²) in [5.41, 5.74) is 2.51. The first-order chi connectivity index (χ1) is 8.18. The fourth-order valence-corrected chi connectivity index (χ4v) is 1.46. The molecule has 1 heterocycles. The Balaban J connectivity index is 2.00. The smallest absolute Gasteiger partial charge is 0.339 e. The van der Waals surface area contributed by atoms with Gasteiger partial charge < -0.3 is 9.30 Å². The van der Waals surface area contributed by atoms with Crippen molar-refractivity contribution >= 4 is 5.97 Å². The van der Waals surface area contributed by atoms with Crippen LogP contribution in [0.5, 0.6) is 0 Å². The maximum atomic E-state index is 11.7. The summed E-state index contributed by atoms with van der Waals surface area (Å²) < 4.78 is 6.99. The minimum atomic E-state index is -0.323. The van der Waals surface area contributed by atoms with Gasteiger partial charge in [-0.25, -0.2) is 9.78 Å². The number of carbonyl (C=O) groups is 1. The molecule has 0 spiro atoms. The molecule has 0 fully saturated rings. The fraction of sp³-hybridized carbons (Fsp3) is 0.231. The minimum absolute atomic E-state index is 0.195. The van der Waals surface area contributed by atoms with Crippen LogP contribution in [0.15, 0.2) is 36.7 Å². The molecule has 0 saturated heterocycles. The Hall–Kier alpha value is -2.10. The molecule has 4 nitrogen and oxygen atoms in total. The van der Waals surface area contributed by atoms with Crippen molar-refractivity contribution in [2.24, 2.45) is 0 Å². The number of benzene rings is 1. The van der Waals surface area contributed by atoms with E-state index in [-0.39, 0.29) is 12.7 Å². The lowest BCUT2D eigenvalue weighted by Crippen LogP contribution is -2.10. The van der Waals surface area contributed by atoms with Crippen LogP contribution in [0.3, 0.4) is 0 Å². The SMILES string of the molecule is Cc1ncn(COC(=O)c2ccccc2)c1C.